The van der Waals surface area contributed by atoms with E-state index in [9.17, 15) is 18.0 Å². The Hall–Kier alpha value is -3.21. The van der Waals surface area contributed by atoms with Crippen LogP contribution in [0.15, 0.2) is 30.6 Å². The van der Waals surface area contributed by atoms with E-state index in [1.807, 2.05) is 31.9 Å². The molecule has 1 aliphatic rings. The number of amides is 1. The molecule has 1 aliphatic heterocycles. The van der Waals surface area contributed by atoms with Crippen molar-refractivity contribution >= 4 is 36.6 Å². The predicted molar refractivity (Wildman–Crippen MR) is 121 cm³/mol. The summed E-state index contributed by atoms with van der Waals surface area (Å²) in [6.07, 6.45) is 3.29. The molecule has 0 unspecified atom stereocenters. The Bertz CT molecular complexity index is 1170. The van der Waals surface area contributed by atoms with Gasteiger partial charge in [-0.2, -0.15) is 18.6 Å². The van der Waals surface area contributed by atoms with E-state index >= 15 is 0 Å². The maximum atomic E-state index is 13.9. The van der Waals surface area contributed by atoms with Crippen molar-refractivity contribution in [3.05, 3.63) is 64.9 Å². The normalized spacial score (nSPS) is 15.1. The summed E-state index contributed by atoms with van der Waals surface area (Å²) in [7, 11) is 1.85. The first-order valence-corrected chi connectivity index (χ1v) is 9.67. The summed E-state index contributed by atoms with van der Waals surface area (Å²) in [5, 5.41) is 10.3. The molecule has 4 rings (SSSR count). The Labute approximate surface area is 190 Å². The second-order valence-corrected chi connectivity index (χ2v) is 7.50. The zero-order chi connectivity index (χ0) is 22.3. The quantitative estimate of drug-likeness (QED) is 0.565. The number of anilines is 3. The zero-order valence-electron chi connectivity index (χ0n) is 17.7. The first kappa shape index (κ1) is 23.5. The van der Waals surface area contributed by atoms with Crippen molar-refractivity contribution in [1.29, 1.82) is 0 Å². The van der Waals surface area contributed by atoms with Crippen LogP contribution < -0.4 is 15.5 Å². The molecular formula is C21H23F3N6OS. The molecule has 0 bridgehead atoms. The summed E-state index contributed by atoms with van der Waals surface area (Å²) >= 11 is 0. The van der Waals surface area contributed by atoms with Crippen LogP contribution in [0.3, 0.4) is 0 Å². The molecule has 3 heterocycles. The minimum atomic E-state index is -1.49. The molecule has 1 atom stereocenters. The molecule has 11 heteroatoms. The number of fused-ring (bicyclic) bond motifs is 1. The van der Waals surface area contributed by atoms with Crippen LogP contribution in [0.2, 0.25) is 0 Å². The van der Waals surface area contributed by atoms with Gasteiger partial charge in [0.05, 0.1) is 29.8 Å². The smallest absolute Gasteiger partial charge is 0.246 e. The summed E-state index contributed by atoms with van der Waals surface area (Å²) in [5.74, 6) is -3.37. The van der Waals surface area contributed by atoms with Crippen molar-refractivity contribution in [2.24, 2.45) is 0 Å². The lowest BCUT2D eigenvalue weighted by Crippen LogP contribution is -2.44. The highest BCUT2D eigenvalue weighted by atomic mass is 32.1. The number of carbonyl (C=O) groups is 1. The minimum Gasteiger partial charge on any atom is -0.366 e. The van der Waals surface area contributed by atoms with Crippen molar-refractivity contribution in [3.63, 3.8) is 0 Å². The number of likely N-dealkylation sites (N-methyl/N-ethyl adjacent to an activating group) is 1. The van der Waals surface area contributed by atoms with Crippen molar-refractivity contribution in [1.82, 2.24) is 14.8 Å². The van der Waals surface area contributed by atoms with E-state index in [0.717, 1.165) is 17.3 Å². The molecule has 1 aromatic carbocycles. The van der Waals surface area contributed by atoms with Crippen molar-refractivity contribution in [3.8, 4) is 0 Å². The zero-order valence-corrected chi connectivity index (χ0v) is 18.7. The van der Waals surface area contributed by atoms with Crippen LogP contribution in [-0.4, -0.2) is 33.8 Å². The molecule has 0 aliphatic carbocycles. The van der Waals surface area contributed by atoms with E-state index in [4.69, 9.17) is 0 Å². The lowest BCUT2D eigenvalue weighted by Gasteiger charge is -2.34. The van der Waals surface area contributed by atoms with Crippen molar-refractivity contribution in [2.45, 2.75) is 33.0 Å². The highest BCUT2D eigenvalue weighted by molar-refractivity contribution is 7.59. The van der Waals surface area contributed by atoms with Gasteiger partial charge < -0.3 is 15.5 Å². The van der Waals surface area contributed by atoms with E-state index < -0.39 is 17.5 Å². The number of halogens is 3. The number of hydrogen-bond acceptors (Lipinski definition) is 5. The monoisotopic (exact) mass is 464 g/mol. The van der Waals surface area contributed by atoms with E-state index in [1.165, 1.54) is 10.7 Å². The second kappa shape index (κ2) is 9.11. The fourth-order valence-corrected chi connectivity index (χ4v) is 3.43. The summed E-state index contributed by atoms with van der Waals surface area (Å²) in [6.45, 7) is 4.02. The summed E-state index contributed by atoms with van der Waals surface area (Å²) in [6, 6.07) is 3.66. The fourth-order valence-electron chi connectivity index (χ4n) is 3.43. The lowest BCUT2D eigenvalue weighted by molar-refractivity contribution is -0.117. The van der Waals surface area contributed by atoms with Crippen LogP contribution in [0.5, 0.6) is 0 Å². The second-order valence-electron chi connectivity index (χ2n) is 7.50. The van der Waals surface area contributed by atoms with Crippen LogP contribution in [0.1, 0.15) is 23.7 Å². The fraction of sp³-hybridized carbons (Fsp3) is 0.286. The van der Waals surface area contributed by atoms with E-state index in [2.05, 4.69) is 20.7 Å². The van der Waals surface area contributed by atoms with Gasteiger partial charge in [0.2, 0.25) is 5.91 Å². The first-order valence-electron chi connectivity index (χ1n) is 9.67. The van der Waals surface area contributed by atoms with Crippen LogP contribution in [-0.2, 0) is 17.9 Å². The SMILES string of the molecule is Cc1nc(NCc2cnn(Cc3ccc(F)c(F)c3F)c2)cc2c1NC(=O)[C@H](C)N2C.S. The van der Waals surface area contributed by atoms with Gasteiger partial charge in [0.1, 0.15) is 11.9 Å². The van der Waals surface area contributed by atoms with E-state index in [1.54, 1.807) is 12.4 Å². The Morgan fingerprint density at radius 3 is 2.72 bits per heavy atom. The summed E-state index contributed by atoms with van der Waals surface area (Å²) in [5.41, 5.74) is 3.06. The maximum absolute atomic E-state index is 13.9. The predicted octanol–water partition coefficient (Wildman–Crippen LogP) is 3.55. The molecule has 170 valence electrons. The third kappa shape index (κ3) is 4.38. The third-order valence-electron chi connectivity index (χ3n) is 5.38. The minimum absolute atomic E-state index is 0. The van der Waals surface area contributed by atoms with Gasteiger partial charge in [-0.25, -0.2) is 18.2 Å². The van der Waals surface area contributed by atoms with Gasteiger partial charge in [-0.05, 0) is 19.9 Å². The Balaban J connectivity index is 0.00000289. The number of benzene rings is 1. The van der Waals surface area contributed by atoms with Crippen molar-refractivity contribution in [2.75, 3.05) is 22.6 Å². The van der Waals surface area contributed by atoms with Crippen LogP contribution >= 0.6 is 13.5 Å². The van der Waals surface area contributed by atoms with Gasteiger partial charge in [-0.3, -0.25) is 9.48 Å². The molecule has 0 spiro atoms. The highest BCUT2D eigenvalue weighted by Gasteiger charge is 2.28. The third-order valence-corrected chi connectivity index (χ3v) is 5.38. The average Bonchev–Trinajstić information content (AvgIpc) is 3.19. The topological polar surface area (TPSA) is 75.1 Å². The number of nitrogens with one attached hydrogen (secondary N) is 2. The average molecular weight is 465 g/mol. The number of aromatic nitrogens is 3. The Morgan fingerprint density at radius 1 is 1.22 bits per heavy atom. The number of pyridine rings is 1. The molecule has 0 fully saturated rings. The Kier molecular flexibility index (Phi) is 6.68. The summed E-state index contributed by atoms with van der Waals surface area (Å²) in [4.78, 5) is 18.4. The first-order chi connectivity index (χ1) is 14.7. The maximum Gasteiger partial charge on any atom is 0.246 e. The van der Waals surface area contributed by atoms with Gasteiger partial charge >= 0.3 is 0 Å². The summed E-state index contributed by atoms with van der Waals surface area (Å²) < 4.78 is 41.8. The van der Waals surface area contributed by atoms with Gasteiger partial charge in [0.15, 0.2) is 17.5 Å². The number of hydrogen-bond donors (Lipinski definition) is 2. The molecule has 1 amide bonds. The largest absolute Gasteiger partial charge is 0.366 e. The molecule has 0 saturated heterocycles. The van der Waals surface area contributed by atoms with Gasteiger partial charge in [-0.15, -0.1) is 0 Å². The van der Waals surface area contributed by atoms with Crippen molar-refractivity contribution < 1.29 is 18.0 Å². The van der Waals surface area contributed by atoms with E-state index in [0.29, 0.717) is 23.7 Å². The molecule has 2 N–H and O–H groups in total. The van der Waals surface area contributed by atoms with Crippen LogP contribution in [0.4, 0.5) is 30.4 Å². The lowest BCUT2D eigenvalue weighted by atomic mass is 10.1. The standard InChI is InChI=1S/C21H21F3N6O.H2S/c1-11-20-16(29(3)12(2)21(31)28-20)6-17(27-11)25-7-13-8-26-30(9-13)10-14-4-5-15(22)19(24)18(14)23;/h4-6,8-9,12H,7,10H2,1-3H3,(H,25,27)(H,28,31);1H2/t12-;/m0./s1. The molecule has 7 nitrogen and oxygen atoms in total. The number of nitrogens with zero attached hydrogens (tertiary/aromatic N) is 4. The highest BCUT2D eigenvalue weighted by Crippen LogP contribution is 2.34. The Morgan fingerprint density at radius 2 is 1.97 bits per heavy atom. The molecular weight excluding hydrogens is 441 g/mol. The van der Waals surface area contributed by atoms with Gasteiger partial charge in [-0.1, -0.05) is 6.07 Å². The van der Waals surface area contributed by atoms with Gasteiger partial charge in [0, 0.05) is 37.0 Å². The van der Waals surface area contributed by atoms with Crippen LogP contribution in [0, 0.1) is 24.4 Å². The van der Waals surface area contributed by atoms with E-state index in [-0.39, 0.29) is 37.6 Å². The number of aryl methyl sites for hydroxylation is 1. The number of carbonyl (C=O) groups excluding carboxylic acids is 1. The molecule has 2 aromatic heterocycles. The molecule has 0 saturated carbocycles. The molecule has 32 heavy (non-hydrogen) atoms. The number of rotatable bonds is 5. The molecule has 3 aromatic rings. The van der Waals surface area contributed by atoms with Gasteiger partial charge in [0.25, 0.3) is 0 Å². The molecule has 0 radical (unpaired) electrons. The van der Waals surface area contributed by atoms with Crippen LogP contribution in [0.25, 0.3) is 0 Å².